The fraction of sp³-hybridized carbons (Fsp3) is 0.333. The van der Waals surface area contributed by atoms with Crippen LogP contribution >= 0.6 is 0 Å². The Morgan fingerprint density at radius 2 is 2.20 bits per heavy atom. The van der Waals surface area contributed by atoms with Crippen LogP contribution in [0.25, 0.3) is 22.4 Å². The molecule has 0 saturated carbocycles. The fourth-order valence-corrected chi connectivity index (χ4v) is 2.72. The average Bonchev–Trinajstić information content (AvgIpc) is 3.14. The topological polar surface area (TPSA) is 64.1 Å². The van der Waals surface area contributed by atoms with Crippen LogP contribution in [0.15, 0.2) is 39.5 Å². The van der Waals surface area contributed by atoms with Gasteiger partial charge in [0.2, 0.25) is 11.7 Å². The van der Waals surface area contributed by atoms with Crippen molar-refractivity contribution in [3.63, 3.8) is 0 Å². The van der Waals surface area contributed by atoms with Crippen LogP contribution in [0.5, 0.6) is 0 Å². The molecule has 0 amide bonds. The Morgan fingerprint density at radius 3 is 3.10 bits per heavy atom. The van der Waals surface area contributed by atoms with Gasteiger partial charge in [-0.05, 0) is 25.5 Å². The molecule has 0 aliphatic carbocycles. The van der Waals surface area contributed by atoms with Crippen LogP contribution in [-0.2, 0) is 0 Å². The SMILES string of the molecule is c1ccc2c(-c3noc([C@H]4CCCNC4)n3)coc2c1. The third kappa shape index (κ3) is 1.91. The standard InChI is InChI=1S/C15H15N3O2/c1-2-6-13-11(5-1)12(9-19-13)14-17-15(20-18-14)10-4-3-7-16-8-10/h1-2,5-6,9-10,16H,3-4,7-8H2/t10-/m0/s1. The third-order valence-electron chi connectivity index (χ3n) is 3.81. The van der Waals surface area contributed by atoms with E-state index in [0.29, 0.717) is 11.7 Å². The molecule has 1 saturated heterocycles. The van der Waals surface area contributed by atoms with Crippen molar-refractivity contribution in [3.05, 3.63) is 36.4 Å². The van der Waals surface area contributed by atoms with Crippen molar-refractivity contribution in [2.45, 2.75) is 18.8 Å². The molecule has 3 aromatic rings. The molecule has 5 nitrogen and oxygen atoms in total. The maximum Gasteiger partial charge on any atom is 0.231 e. The van der Waals surface area contributed by atoms with Crippen LogP contribution in [0.1, 0.15) is 24.7 Å². The Kier molecular flexibility index (Phi) is 2.77. The van der Waals surface area contributed by atoms with E-state index in [1.165, 1.54) is 0 Å². The van der Waals surface area contributed by atoms with E-state index in [1.54, 1.807) is 6.26 Å². The number of nitrogens with zero attached hydrogens (tertiary/aromatic N) is 2. The van der Waals surface area contributed by atoms with E-state index in [-0.39, 0.29) is 0 Å². The van der Waals surface area contributed by atoms with Gasteiger partial charge in [0.1, 0.15) is 11.8 Å². The van der Waals surface area contributed by atoms with Crippen molar-refractivity contribution < 1.29 is 8.94 Å². The summed E-state index contributed by atoms with van der Waals surface area (Å²) in [7, 11) is 0. The second-order valence-electron chi connectivity index (χ2n) is 5.15. The van der Waals surface area contributed by atoms with Gasteiger partial charge in [0.05, 0.1) is 11.5 Å². The zero-order chi connectivity index (χ0) is 13.4. The third-order valence-corrected chi connectivity index (χ3v) is 3.81. The first kappa shape index (κ1) is 11.7. The zero-order valence-electron chi connectivity index (χ0n) is 11.0. The molecule has 1 N–H and O–H groups in total. The molecule has 102 valence electrons. The van der Waals surface area contributed by atoms with Gasteiger partial charge >= 0.3 is 0 Å². The number of hydrogen-bond acceptors (Lipinski definition) is 5. The second kappa shape index (κ2) is 4.76. The molecule has 5 heteroatoms. The predicted molar refractivity (Wildman–Crippen MR) is 74.4 cm³/mol. The van der Waals surface area contributed by atoms with E-state index in [4.69, 9.17) is 8.94 Å². The first-order chi connectivity index (χ1) is 9.92. The van der Waals surface area contributed by atoms with Crippen molar-refractivity contribution >= 4 is 11.0 Å². The highest BCUT2D eigenvalue weighted by Gasteiger charge is 2.22. The van der Waals surface area contributed by atoms with Gasteiger partial charge in [-0.25, -0.2) is 0 Å². The Balaban J connectivity index is 1.70. The molecule has 20 heavy (non-hydrogen) atoms. The molecular formula is C15H15N3O2. The number of aromatic nitrogens is 2. The van der Waals surface area contributed by atoms with Crippen LogP contribution < -0.4 is 5.32 Å². The summed E-state index contributed by atoms with van der Waals surface area (Å²) < 4.78 is 11.0. The highest BCUT2D eigenvalue weighted by Crippen LogP contribution is 2.30. The van der Waals surface area contributed by atoms with E-state index in [1.807, 2.05) is 24.3 Å². The van der Waals surface area contributed by atoms with Gasteiger partial charge in [0, 0.05) is 11.9 Å². The first-order valence-electron chi connectivity index (χ1n) is 6.93. The number of furan rings is 1. The molecule has 4 rings (SSSR count). The number of hydrogen-bond donors (Lipinski definition) is 1. The molecule has 1 fully saturated rings. The highest BCUT2D eigenvalue weighted by molar-refractivity contribution is 5.91. The van der Waals surface area contributed by atoms with Gasteiger partial charge in [-0.3, -0.25) is 0 Å². The van der Waals surface area contributed by atoms with Crippen LogP contribution in [0.3, 0.4) is 0 Å². The van der Waals surface area contributed by atoms with Crippen molar-refractivity contribution in [2.75, 3.05) is 13.1 Å². The monoisotopic (exact) mass is 269 g/mol. The molecule has 0 bridgehead atoms. The van der Waals surface area contributed by atoms with E-state index in [2.05, 4.69) is 15.5 Å². The molecule has 1 aliphatic heterocycles. The Bertz CT molecular complexity index is 725. The van der Waals surface area contributed by atoms with Crippen LogP contribution in [0.2, 0.25) is 0 Å². The smallest absolute Gasteiger partial charge is 0.231 e. The maximum absolute atomic E-state index is 5.52. The number of fused-ring (bicyclic) bond motifs is 1. The average molecular weight is 269 g/mol. The Morgan fingerprint density at radius 1 is 1.25 bits per heavy atom. The zero-order valence-corrected chi connectivity index (χ0v) is 11.0. The lowest BCUT2D eigenvalue weighted by Crippen LogP contribution is -2.28. The molecular weight excluding hydrogens is 254 g/mol. The van der Waals surface area contributed by atoms with Gasteiger partial charge < -0.3 is 14.3 Å². The number of piperidine rings is 1. The Labute approximate surface area is 116 Å². The minimum Gasteiger partial charge on any atom is -0.464 e. The van der Waals surface area contributed by atoms with Gasteiger partial charge in [0.25, 0.3) is 0 Å². The summed E-state index contributed by atoms with van der Waals surface area (Å²) in [5.74, 6) is 1.65. The number of benzene rings is 1. The van der Waals surface area contributed by atoms with Crippen molar-refractivity contribution in [1.29, 1.82) is 0 Å². The molecule has 1 atom stereocenters. The molecule has 2 aromatic heterocycles. The summed E-state index contributed by atoms with van der Waals surface area (Å²) >= 11 is 0. The molecule has 3 heterocycles. The molecule has 0 unspecified atom stereocenters. The summed E-state index contributed by atoms with van der Waals surface area (Å²) in [6.07, 6.45) is 3.94. The minimum atomic E-state index is 0.322. The van der Waals surface area contributed by atoms with Gasteiger partial charge in [-0.2, -0.15) is 4.98 Å². The molecule has 0 radical (unpaired) electrons. The first-order valence-corrected chi connectivity index (χ1v) is 6.93. The van der Waals surface area contributed by atoms with E-state index < -0.39 is 0 Å². The lowest BCUT2D eigenvalue weighted by atomic mass is 10.00. The van der Waals surface area contributed by atoms with Crippen LogP contribution in [0.4, 0.5) is 0 Å². The summed E-state index contributed by atoms with van der Waals surface area (Å²) in [6, 6.07) is 7.87. The second-order valence-corrected chi connectivity index (χ2v) is 5.15. The van der Waals surface area contributed by atoms with Gasteiger partial charge in [-0.1, -0.05) is 23.4 Å². The van der Waals surface area contributed by atoms with Crippen LogP contribution in [0, 0.1) is 0 Å². The largest absolute Gasteiger partial charge is 0.464 e. The lowest BCUT2D eigenvalue weighted by Gasteiger charge is -2.18. The summed E-state index contributed by atoms with van der Waals surface area (Å²) in [5, 5.41) is 8.49. The van der Waals surface area contributed by atoms with Crippen molar-refractivity contribution in [2.24, 2.45) is 0 Å². The van der Waals surface area contributed by atoms with E-state index in [0.717, 1.165) is 48.4 Å². The van der Waals surface area contributed by atoms with Crippen molar-refractivity contribution in [1.82, 2.24) is 15.5 Å². The van der Waals surface area contributed by atoms with E-state index in [9.17, 15) is 0 Å². The fourth-order valence-electron chi connectivity index (χ4n) is 2.72. The van der Waals surface area contributed by atoms with E-state index >= 15 is 0 Å². The molecule has 1 aromatic carbocycles. The van der Waals surface area contributed by atoms with Crippen LogP contribution in [-0.4, -0.2) is 23.2 Å². The van der Waals surface area contributed by atoms with Gasteiger partial charge in [-0.15, -0.1) is 0 Å². The maximum atomic E-state index is 5.52. The normalized spacial score (nSPS) is 19.5. The molecule has 1 aliphatic rings. The van der Waals surface area contributed by atoms with Crippen molar-refractivity contribution in [3.8, 4) is 11.4 Å². The lowest BCUT2D eigenvalue weighted by molar-refractivity contribution is 0.322. The number of rotatable bonds is 2. The summed E-state index contributed by atoms with van der Waals surface area (Å²) in [4.78, 5) is 4.55. The predicted octanol–water partition coefficient (Wildman–Crippen LogP) is 2.95. The quantitative estimate of drug-likeness (QED) is 0.775. The molecule has 0 spiro atoms. The highest BCUT2D eigenvalue weighted by atomic mass is 16.5. The van der Waals surface area contributed by atoms with Gasteiger partial charge in [0.15, 0.2) is 0 Å². The minimum absolute atomic E-state index is 0.322. The summed E-state index contributed by atoms with van der Waals surface area (Å²) in [5.41, 5.74) is 1.73. The Hall–Kier alpha value is -2.14. The summed E-state index contributed by atoms with van der Waals surface area (Å²) in [6.45, 7) is 1.98. The number of para-hydroxylation sites is 1. The number of nitrogens with one attached hydrogen (secondary N) is 1.